The zero-order valence-corrected chi connectivity index (χ0v) is 12.5. The van der Waals surface area contributed by atoms with Gasteiger partial charge in [-0.25, -0.2) is 15.0 Å². The number of thioether (sulfide) groups is 1. The minimum absolute atomic E-state index is 0.122. The highest BCUT2D eigenvalue weighted by atomic mass is 35.5. The molecule has 3 aromatic rings. The van der Waals surface area contributed by atoms with Gasteiger partial charge in [0.15, 0.2) is 10.9 Å². The van der Waals surface area contributed by atoms with E-state index in [1.165, 1.54) is 18.0 Å². The summed E-state index contributed by atoms with van der Waals surface area (Å²) >= 11 is 7.30. The molecule has 0 aliphatic rings. The van der Waals surface area contributed by atoms with Gasteiger partial charge in [0.1, 0.15) is 0 Å². The maximum Gasteiger partial charge on any atom is 0.278 e. The lowest BCUT2D eigenvalue weighted by Gasteiger charge is -2.04. The van der Waals surface area contributed by atoms with Gasteiger partial charge < -0.3 is 4.98 Å². The van der Waals surface area contributed by atoms with Crippen molar-refractivity contribution in [2.75, 3.05) is 11.6 Å². The molecule has 21 heavy (non-hydrogen) atoms. The lowest BCUT2D eigenvalue weighted by molar-refractivity contribution is 0.102. The molecule has 0 fully saturated rings. The molecule has 0 spiro atoms. The third-order valence-corrected chi connectivity index (χ3v) is 3.58. The predicted molar refractivity (Wildman–Crippen MR) is 82.9 cm³/mol. The molecule has 106 valence electrons. The number of imidazole rings is 1. The number of nitrogens with one attached hydrogen (secondary N) is 2. The Morgan fingerprint density at radius 2 is 2.14 bits per heavy atom. The lowest BCUT2D eigenvalue weighted by Crippen LogP contribution is -2.16. The van der Waals surface area contributed by atoms with E-state index in [4.69, 9.17) is 11.6 Å². The number of fused-ring (bicyclic) bond motifs is 1. The summed E-state index contributed by atoms with van der Waals surface area (Å²) in [6.45, 7) is 0. The van der Waals surface area contributed by atoms with E-state index < -0.39 is 5.91 Å². The molecule has 0 saturated heterocycles. The van der Waals surface area contributed by atoms with Crippen LogP contribution in [0.3, 0.4) is 0 Å². The zero-order valence-electron chi connectivity index (χ0n) is 10.9. The first-order valence-electron chi connectivity index (χ1n) is 6.00. The molecule has 3 rings (SSSR count). The number of hydrogen-bond acceptors (Lipinski definition) is 5. The molecule has 2 N–H and O–H groups in total. The van der Waals surface area contributed by atoms with Crippen molar-refractivity contribution in [2.45, 2.75) is 5.16 Å². The number of carbonyl (C=O) groups is 1. The van der Waals surface area contributed by atoms with Gasteiger partial charge in [-0.1, -0.05) is 35.5 Å². The van der Waals surface area contributed by atoms with Crippen molar-refractivity contribution in [1.82, 2.24) is 19.9 Å². The summed E-state index contributed by atoms with van der Waals surface area (Å²) in [4.78, 5) is 27.6. The summed E-state index contributed by atoms with van der Waals surface area (Å²) in [5.41, 5.74) is 1.73. The van der Waals surface area contributed by atoms with Gasteiger partial charge in [-0.05, 0) is 18.4 Å². The number of rotatable bonds is 3. The first kappa shape index (κ1) is 13.8. The zero-order chi connectivity index (χ0) is 14.8. The Kier molecular flexibility index (Phi) is 3.76. The van der Waals surface area contributed by atoms with Crippen LogP contribution in [0.4, 0.5) is 5.95 Å². The highest BCUT2D eigenvalue weighted by Crippen LogP contribution is 2.18. The number of aromatic amines is 1. The highest BCUT2D eigenvalue weighted by molar-refractivity contribution is 7.98. The monoisotopic (exact) mass is 319 g/mol. The van der Waals surface area contributed by atoms with Crippen molar-refractivity contribution in [3.63, 3.8) is 0 Å². The van der Waals surface area contributed by atoms with E-state index in [-0.39, 0.29) is 10.7 Å². The smallest absolute Gasteiger partial charge is 0.278 e. The summed E-state index contributed by atoms with van der Waals surface area (Å²) in [6, 6.07) is 7.49. The number of hydrogen-bond donors (Lipinski definition) is 2. The number of anilines is 1. The van der Waals surface area contributed by atoms with E-state index >= 15 is 0 Å². The van der Waals surface area contributed by atoms with Gasteiger partial charge in [0.25, 0.3) is 5.91 Å². The van der Waals surface area contributed by atoms with E-state index in [0.717, 1.165) is 11.0 Å². The number of carbonyl (C=O) groups excluding carboxylic acids is 1. The minimum Gasteiger partial charge on any atom is -0.324 e. The third-order valence-electron chi connectivity index (χ3n) is 2.74. The second-order valence-corrected chi connectivity index (χ2v) is 5.29. The van der Waals surface area contributed by atoms with E-state index in [0.29, 0.717) is 11.1 Å². The molecular weight excluding hydrogens is 310 g/mol. The Morgan fingerprint density at radius 3 is 2.90 bits per heavy atom. The van der Waals surface area contributed by atoms with Gasteiger partial charge in [0, 0.05) is 0 Å². The SMILES string of the molecule is CSc1ncc(Cl)c(C(=O)Nc2nc3ccccc3[nH]2)n1. The van der Waals surface area contributed by atoms with Crippen molar-refractivity contribution in [1.29, 1.82) is 0 Å². The number of H-pyrrole nitrogens is 1. The Hall–Kier alpha value is -2.12. The molecule has 0 aliphatic heterocycles. The molecule has 0 radical (unpaired) electrons. The summed E-state index contributed by atoms with van der Waals surface area (Å²) in [7, 11) is 0. The third kappa shape index (κ3) is 2.84. The average molecular weight is 320 g/mol. The largest absolute Gasteiger partial charge is 0.324 e. The molecule has 0 aliphatic carbocycles. The molecule has 1 amide bonds. The average Bonchev–Trinajstić information content (AvgIpc) is 2.89. The molecule has 2 heterocycles. The molecule has 0 bridgehead atoms. The van der Waals surface area contributed by atoms with Crippen LogP contribution in [0.2, 0.25) is 5.02 Å². The molecule has 2 aromatic heterocycles. The molecule has 6 nitrogen and oxygen atoms in total. The van der Waals surface area contributed by atoms with Crippen LogP contribution < -0.4 is 5.32 Å². The van der Waals surface area contributed by atoms with Gasteiger partial charge in [0.2, 0.25) is 5.95 Å². The molecule has 0 atom stereocenters. The molecule has 8 heteroatoms. The summed E-state index contributed by atoms with van der Waals surface area (Å²) in [6.07, 6.45) is 3.23. The van der Waals surface area contributed by atoms with E-state index in [1.54, 1.807) is 0 Å². The van der Waals surface area contributed by atoms with Gasteiger partial charge >= 0.3 is 0 Å². The van der Waals surface area contributed by atoms with Gasteiger partial charge in [-0.2, -0.15) is 0 Å². The highest BCUT2D eigenvalue weighted by Gasteiger charge is 2.15. The fourth-order valence-electron chi connectivity index (χ4n) is 1.79. The quantitative estimate of drug-likeness (QED) is 0.573. The van der Waals surface area contributed by atoms with Crippen molar-refractivity contribution in [3.8, 4) is 0 Å². The maximum atomic E-state index is 12.2. The first-order valence-corrected chi connectivity index (χ1v) is 7.60. The summed E-state index contributed by atoms with van der Waals surface area (Å²) < 4.78 is 0. The topological polar surface area (TPSA) is 83.6 Å². The van der Waals surface area contributed by atoms with Gasteiger partial charge in [-0.3, -0.25) is 10.1 Å². The number of aromatic nitrogens is 4. The van der Waals surface area contributed by atoms with Gasteiger partial charge in [0.05, 0.1) is 22.3 Å². The normalized spacial score (nSPS) is 10.8. The lowest BCUT2D eigenvalue weighted by atomic mass is 10.3. The van der Waals surface area contributed by atoms with Crippen LogP contribution in [0.5, 0.6) is 0 Å². The van der Waals surface area contributed by atoms with Crippen molar-refractivity contribution < 1.29 is 4.79 Å². The molecule has 0 saturated carbocycles. The van der Waals surface area contributed by atoms with Gasteiger partial charge in [-0.15, -0.1) is 0 Å². The number of nitrogens with zero attached hydrogens (tertiary/aromatic N) is 3. The first-order chi connectivity index (χ1) is 10.2. The Morgan fingerprint density at radius 1 is 1.33 bits per heavy atom. The predicted octanol–water partition coefficient (Wildman–Crippen LogP) is 2.98. The number of amides is 1. The van der Waals surface area contributed by atoms with Crippen LogP contribution in [0.1, 0.15) is 10.5 Å². The Labute approximate surface area is 129 Å². The van der Waals surface area contributed by atoms with Crippen molar-refractivity contribution in [3.05, 3.63) is 41.2 Å². The molecule has 0 unspecified atom stereocenters. The Bertz CT molecular complexity index is 786. The van der Waals surface area contributed by atoms with E-state index in [1.807, 2.05) is 30.5 Å². The number of halogens is 1. The minimum atomic E-state index is -0.434. The second-order valence-electron chi connectivity index (χ2n) is 4.11. The van der Waals surface area contributed by atoms with Crippen LogP contribution in [0.25, 0.3) is 11.0 Å². The fraction of sp³-hybridized carbons (Fsp3) is 0.0769. The van der Waals surface area contributed by atoms with Crippen molar-refractivity contribution >= 4 is 46.3 Å². The van der Waals surface area contributed by atoms with E-state index in [9.17, 15) is 4.79 Å². The van der Waals surface area contributed by atoms with Crippen LogP contribution in [0.15, 0.2) is 35.6 Å². The summed E-state index contributed by atoms with van der Waals surface area (Å²) in [5, 5.41) is 3.33. The van der Waals surface area contributed by atoms with E-state index in [2.05, 4.69) is 25.3 Å². The van der Waals surface area contributed by atoms with Crippen LogP contribution in [-0.4, -0.2) is 32.1 Å². The number of benzene rings is 1. The van der Waals surface area contributed by atoms with Crippen molar-refractivity contribution in [2.24, 2.45) is 0 Å². The number of para-hydroxylation sites is 2. The van der Waals surface area contributed by atoms with Crippen LogP contribution in [0, 0.1) is 0 Å². The molecular formula is C13H10ClN5OS. The molecule has 1 aromatic carbocycles. The fourth-order valence-corrected chi connectivity index (χ4v) is 2.30. The summed E-state index contributed by atoms with van der Waals surface area (Å²) in [5.74, 6) is -0.0849. The second kappa shape index (κ2) is 5.71. The maximum absolute atomic E-state index is 12.2. The van der Waals surface area contributed by atoms with Crippen LogP contribution in [-0.2, 0) is 0 Å². The Balaban J connectivity index is 1.89. The standard InChI is InChI=1S/C13H10ClN5OS/c1-21-13-15-6-7(14)10(18-13)11(20)19-12-16-8-4-2-3-5-9(8)17-12/h2-6H,1H3,(H2,16,17,19,20). The van der Waals surface area contributed by atoms with Crippen LogP contribution >= 0.6 is 23.4 Å².